The molecule has 0 saturated carbocycles. The molecule has 17 heavy (non-hydrogen) atoms. The number of aromatic nitrogens is 2. The van der Waals surface area contributed by atoms with Crippen molar-refractivity contribution < 1.29 is 8.42 Å². The first-order valence-corrected chi connectivity index (χ1v) is 8.01. The van der Waals surface area contributed by atoms with Crippen molar-refractivity contribution >= 4 is 15.8 Å². The maximum Gasteiger partial charge on any atom is 0.202 e. The minimum atomic E-state index is -2.86. The van der Waals surface area contributed by atoms with Crippen molar-refractivity contribution in [2.45, 2.75) is 32.7 Å². The molecule has 0 saturated heterocycles. The van der Waals surface area contributed by atoms with Gasteiger partial charge in [0.05, 0.1) is 5.75 Å². The van der Waals surface area contributed by atoms with Gasteiger partial charge in [-0.15, -0.1) is 0 Å². The molecule has 6 heteroatoms. The lowest BCUT2D eigenvalue weighted by atomic mass is 10.3. The number of hydrogen-bond acceptors (Lipinski definition) is 4. The van der Waals surface area contributed by atoms with E-state index in [1.165, 1.54) is 6.26 Å². The van der Waals surface area contributed by atoms with Crippen LogP contribution in [-0.2, 0) is 16.4 Å². The average Bonchev–Trinajstić information content (AvgIpc) is 2.67. The number of rotatable bonds is 8. The Morgan fingerprint density at radius 2 is 2.18 bits per heavy atom. The van der Waals surface area contributed by atoms with Gasteiger partial charge in [0.2, 0.25) is 5.95 Å². The van der Waals surface area contributed by atoms with E-state index in [4.69, 9.17) is 0 Å². The summed E-state index contributed by atoms with van der Waals surface area (Å²) in [6, 6.07) is 0. The zero-order valence-corrected chi connectivity index (χ0v) is 11.3. The molecule has 0 radical (unpaired) electrons. The van der Waals surface area contributed by atoms with E-state index in [0.717, 1.165) is 25.3 Å². The van der Waals surface area contributed by atoms with Crippen molar-refractivity contribution in [2.24, 2.45) is 0 Å². The third-order valence-electron chi connectivity index (χ3n) is 2.44. The van der Waals surface area contributed by atoms with Gasteiger partial charge in [0, 0.05) is 31.7 Å². The van der Waals surface area contributed by atoms with E-state index < -0.39 is 9.84 Å². The van der Waals surface area contributed by atoms with Gasteiger partial charge >= 0.3 is 0 Å². The second-order valence-electron chi connectivity index (χ2n) is 4.21. The van der Waals surface area contributed by atoms with Crippen LogP contribution in [0.4, 0.5) is 5.95 Å². The van der Waals surface area contributed by atoms with Crippen LogP contribution in [0.2, 0.25) is 0 Å². The molecule has 0 aliphatic carbocycles. The Labute approximate surface area is 103 Å². The first kappa shape index (κ1) is 14.0. The Morgan fingerprint density at radius 1 is 1.41 bits per heavy atom. The Balaban J connectivity index is 2.33. The van der Waals surface area contributed by atoms with E-state index >= 15 is 0 Å². The van der Waals surface area contributed by atoms with Crippen LogP contribution < -0.4 is 5.32 Å². The minimum absolute atomic E-state index is 0.218. The summed E-state index contributed by atoms with van der Waals surface area (Å²) in [6.07, 6.45) is 7.83. The van der Waals surface area contributed by atoms with Gasteiger partial charge in [-0.2, -0.15) is 0 Å². The van der Waals surface area contributed by atoms with E-state index in [-0.39, 0.29) is 5.75 Å². The van der Waals surface area contributed by atoms with Gasteiger partial charge < -0.3 is 9.88 Å². The maximum absolute atomic E-state index is 11.0. The molecule has 0 atom stereocenters. The first-order chi connectivity index (χ1) is 8.03. The molecular formula is C11H21N3O2S. The van der Waals surface area contributed by atoms with Gasteiger partial charge in [0.15, 0.2) is 0 Å². The van der Waals surface area contributed by atoms with E-state index in [2.05, 4.69) is 21.8 Å². The normalized spacial score (nSPS) is 11.6. The van der Waals surface area contributed by atoms with Crippen LogP contribution in [0, 0.1) is 0 Å². The van der Waals surface area contributed by atoms with Crippen LogP contribution in [0.1, 0.15) is 26.2 Å². The average molecular weight is 259 g/mol. The fourth-order valence-electron chi connectivity index (χ4n) is 1.52. The Hall–Kier alpha value is -1.04. The van der Waals surface area contributed by atoms with Crippen LogP contribution in [0.25, 0.3) is 0 Å². The Bertz CT molecular complexity index is 426. The summed E-state index contributed by atoms with van der Waals surface area (Å²) in [4.78, 5) is 4.21. The van der Waals surface area contributed by atoms with Crippen molar-refractivity contribution in [3.05, 3.63) is 12.4 Å². The zero-order chi connectivity index (χ0) is 12.7. The SMILES string of the molecule is CCCCn1ccnc1NCCCS(C)(=O)=O. The summed E-state index contributed by atoms with van der Waals surface area (Å²) in [7, 11) is -2.86. The quantitative estimate of drug-likeness (QED) is 0.719. The number of imidazole rings is 1. The number of nitrogens with zero attached hydrogens (tertiary/aromatic N) is 2. The summed E-state index contributed by atoms with van der Waals surface area (Å²) < 4.78 is 24.0. The Morgan fingerprint density at radius 3 is 2.82 bits per heavy atom. The highest BCUT2D eigenvalue weighted by Gasteiger charge is 2.03. The van der Waals surface area contributed by atoms with Crippen molar-refractivity contribution in [1.29, 1.82) is 0 Å². The molecule has 0 spiro atoms. The van der Waals surface area contributed by atoms with Crippen LogP contribution in [0.3, 0.4) is 0 Å². The van der Waals surface area contributed by atoms with E-state index in [0.29, 0.717) is 13.0 Å². The van der Waals surface area contributed by atoms with Crippen molar-refractivity contribution in [3.63, 3.8) is 0 Å². The summed E-state index contributed by atoms with van der Waals surface area (Å²) in [6.45, 7) is 3.73. The highest BCUT2D eigenvalue weighted by Crippen LogP contribution is 2.06. The minimum Gasteiger partial charge on any atom is -0.356 e. The molecule has 1 aromatic rings. The predicted octanol–water partition coefficient (Wildman–Crippen LogP) is 1.53. The van der Waals surface area contributed by atoms with Crippen LogP contribution >= 0.6 is 0 Å². The van der Waals surface area contributed by atoms with Gasteiger partial charge in [-0.05, 0) is 12.8 Å². The molecule has 0 fully saturated rings. The smallest absolute Gasteiger partial charge is 0.202 e. The highest BCUT2D eigenvalue weighted by molar-refractivity contribution is 7.90. The van der Waals surface area contributed by atoms with Gasteiger partial charge in [-0.25, -0.2) is 13.4 Å². The summed E-state index contributed by atoms with van der Waals surface area (Å²) in [5.41, 5.74) is 0. The van der Waals surface area contributed by atoms with Gasteiger partial charge in [0.1, 0.15) is 9.84 Å². The predicted molar refractivity (Wildman–Crippen MR) is 70.0 cm³/mol. The molecule has 0 bridgehead atoms. The van der Waals surface area contributed by atoms with Crippen molar-refractivity contribution in [2.75, 3.05) is 23.9 Å². The van der Waals surface area contributed by atoms with Gasteiger partial charge in [-0.3, -0.25) is 0 Å². The highest BCUT2D eigenvalue weighted by atomic mass is 32.2. The lowest BCUT2D eigenvalue weighted by molar-refractivity contribution is 0.599. The molecule has 0 aromatic carbocycles. The third kappa shape index (κ3) is 5.72. The molecule has 1 N–H and O–H groups in total. The van der Waals surface area contributed by atoms with Crippen molar-refractivity contribution in [1.82, 2.24) is 9.55 Å². The molecular weight excluding hydrogens is 238 g/mol. The molecule has 1 aromatic heterocycles. The maximum atomic E-state index is 11.0. The molecule has 0 aliphatic heterocycles. The number of sulfone groups is 1. The van der Waals surface area contributed by atoms with Gasteiger partial charge in [0.25, 0.3) is 0 Å². The lowest BCUT2D eigenvalue weighted by Crippen LogP contribution is -2.12. The second kappa shape index (κ2) is 6.64. The standard InChI is InChI=1S/C11H21N3O2S/c1-3-4-8-14-9-7-13-11(14)12-6-5-10-17(2,15)16/h7,9H,3-6,8,10H2,1-2H3,(H,12,13). The summed E-state index contributed by atoms with van der Waals surface area (Å²) >= 11 is 0. The third-order valence-corrected chi connectivity index (χ3v) is 3.47. The molecule has 0 unspecified atom stereocenters. The number of nitrogens with one attached hydrogen (secondary N) is 1. The second-order valence-corrected chi connectivity index (χ2v) is 6.47. The zero-order valence-electron chi connectivity index (χ0n) is 10.5. The fourth-order valence-corrected chi connectivity index (χ4v) is 2.19. The number of anilines is 1. The monoisotopic (exact) mass is 259 g/mol. The van der Waals surface area contributed by atoms with Crippen molar-refractivity contribution in [3.8, 4) is 0 Å². The number of hydrogen-bond donors (Lipinski definition) is 1. The van der Waals surface area contributed by atoms with Crippen LogP contribution in [0.15, 0.2) is 12.4 Å². The van der Waals surface area contributed by atoms with Crippen LogP contribution in [-0.4, -0.2) is 36.5 Å². The number of unbranched alkanes of at least 4 members (excludes halogenated alkanes) is 1. The largest absolute Gasteiger partial charge is 0.356 e. The summed E-state index contributed by atoms with van der Waals surface area (Å²) in [5.74, 6) is 1.04. The summed E-state index contributed by atoms with van der Waals surface area (Å²) in [5, 5.41) is 3.16. The molecule has 0 aliphatic rings. The molecule has 1 heterocycles. The molecule has 5 nitrogen and oxygen atoms in total. The van der Waals surface area contributed by atoms with E-state index in [9.17, 15) is 8.42 Å². The fraction of sp³-hybridized carbons (Fsp3) is 0.727. The molecule has 98 valence electrons. The topological polar surface area (TPSA) is 64.0 Å². The Kier molecular flexibility index (Phi) is 5.47. The molecule has 0 amide bonds. The molecule has 1 rings (SSSR count). The van der Waals surface area contributed by atoms with Gasteiger partial charge in [-0.1, -0.05) is 13.3 Å². The van der Waals surface area contributed by atoms with Crippen LogP contribution in [0.5, 0.6) is 0 Å². The lowest BCUT2D eigenvalue weighted by Gasteiger charge is -2.08. The van der Waals surface area contributed by atoms with E-state index in [1.54, 1.807) is 6.20 Å². The first-order valence-electron chi connectivity index (χ1n) is 5.95. The number of aryl methyl sites for hydroxylation is 1. The van der Waals surface area contributed by atoms with E-state index in [1.807, 2.05) is 6.20 Å².